The molecule has 10 rings (SSSR count). The van der Waals surface area contributed by atoms with Gasteiger partial charge < -0.3 is 9.88 Å². The van der Waals surface area contributed by atoms with Gasteiger partial charge in [-0.25, -0.2) is 4.99 Å². The molecule has 1 aliphatic heterocycles. The Morgan fingerprint density at radius 2 is 0.906 bits per heavy atom. The van der Waals surface area contributed by atoms with E-state index in [1.54, 1.807) is 0 Å². The number of hydrogen-bond donors (Lipinski definition) is 1. The van der Waals surface area contributed by atoms with Gasteiger partial charge in [0.15, 0.2) is 0 Å². The van der Waals surface area contributed by atoms with Gasteiger partial charge in [0.05, 0.1) is 34.2 Å². The number of allylic oxidation sites excluding steroid dienone is 2. The predicted octanol–water partition coefficient (Wildman–Crippen LogP) is 12.1. The molecule has 7 aromatic carbocycles. The van der Waals surface area contributed by atoms with Crippen LogP contribution in [0.5, 0.6) is 0 Å². The van der Waals surface area contributed by atoms with E-state index >= 15 is 0 Å². The quantitative estimate of drug-likeness (QED) is 0.186. The summed E-state index contributed by atoms with van der Waals surface area (Å²) in [6.07, 6.45) is 6.72. The molecule has 0 bridgehead atoms. The lowest BCUT2D eigenvalue weighted by atomic mass is 9.95. The molecule has 1 N–H and O–H groups in total. The number of rotatable bonds is 6. The first-order valence-corrected chi connectivity index (χ1v) is 18.2. The van der Waals surface area contributed by atoms with E-state index in [9.17, 15) is 0 Å². The summed E-state index contributed by atoms with van der Waals surface area (Å²) >= 11 is 0. The zero-order valence-corrected chi connectivity index (χ0v) is 29.0. The summed E-state index contributed by atoms with van der Waals surface area (Å²) in [7, 11) is 0. The number of aliphatic imine (C=N–C) groups is 1. The monoisotopic (exact) mass is 677 g/mol. The number of benzene rings is 7. The predicted molar refractivity (Wildman–Crippen MR) is 223 cm³/mol. The third-order valence-corrected chi connectivity index (χ3v) is 10.4. The maximum Gasteiger partial charge on any atom is 0.0944 e. The van der Waals surface area contributed by atoms with E-state index in [1.165, 1.54) is 55.2 Å². The van der Waals surface area contributed by atoms with Gasteiger partial charge in [-0.15, -0.1) is 0 Å². The van der Waals surface area contributed by atoms with Crippen LogP contribution >= 0.6 is 0 Å². The number of para-hydroxylation sites is 1. The summed E-state index contributed by atoms with van der Waals surface area (Å²) < 4.78 is 2.39. The lowest BCUT2D eigenvalue weighted by molar-refractivity contribution is 0.879. The molecule has 1 atom stereocenters. The van der Waals surface area contributed by atoms with E-state index in [1.807, 2.05) is 0 Å². The van der Waals surface area contributed by atoms with Crippen LogP contribution in [0.1, 0.15) is 11.1 Å². The molecule has 8 aromatic rings. The van der Waals surface area contributed by atoms with Crippen molar-refractivity contribution in [2.24, 2.45) is 4.99 Å². The smallest absolute Gasteiger partial charge is 0.0944 e. The molecule has 2 aliphatic rings. The molecule has 3 nitrogen and oxygen atoms in total. The third-order valence-electron chi connectivity index (χ3n) is 10.4. The minimum atomic E-state index is -0.106. The average molecular weight is 678 g/mol. The number of nitrogens with zero attached hydrogens (tertiary/aromatic N) is 2. The Hall–Kier alpha value is -6.97. The summed E-state index contributed by atoms with van der Waals surface area (Å²) in [5, 5.41) is 6.44. The van der Waals surface area contributed by atoms with Crippen LogP contribution in [-0.2, 0) is 0 Å². The van der Waals surface area contributed by atoms with Crippen molar-refractivity contribution in [3.05, 3.63) is 211 Å². The summed E-state index contributed by atoms with van der Waals surface area (Å²) in [6, 6.07) is 64.7. The average Bonchev–Trinajstić information content (AvgIpc) is 3.58. The molecule has 250 valence electrons. The van der Waals surface area contributed by atoms with Crippen LogP contribution in [0, 0.1) is 0 Å². The van der Waals surface area contributed by atoms with Crippen molar-refractivity contribution in [3.63, 3.8) is 0 Å². The van der Waals surface area contributed by atoms with Gasteiger partial charge in [-0.05, 0) is 75.4 Å². The number of nitrogens with one attached hydrogen (secondary N) is 1. The highest BCUT2D eigenvalue weighted by Crippen LogP contribution is 2.38. The van der Waals surface area contributed by atoms with Gasteiger partial charge in [-0.1, -0.05) is 164 Å². The van der Waals surface area contributed by atoms with Crippen molar-refractivity contribution in [1.29, 1.82) is 0 Å². The third kappa shape index (κ3) is 5.60. The summed E-state index contributed by atoms with van der Waals surface area (Å²) in [5.74, 6) is 0. The molecule has 3 heteroatoms. The van der Waals surface area contributed by atoms with Gasteiger partial charge in [0, 0.05) is 22.0 Å². The van der Waals surface area contributed by atoms with Crippen LogP contribution < -0.4 is 5.32 Å². The molecule has 1 aliphatic carbocycles. The zero-order valence-electron chi connectivity index (χ0n) is 29.0. The van der Waals surface area contributed by atoms with Crippen LogP contribution in [0.3, 0.4) is 0 Å². The first kappa shape index (κ1) is 30.8. The number of hydrogen-bond acceptors (Lipinski definition) is 2. The summed E-state index contributed by atoms with van der Waals surface area (Å²) in [4.78, 5) is 5.39. The number of aromatic nitrogens is 1. The summed E-state index contributed by atoms with van der Waals surface area (Å²) in [6.45, 7) is 0. The highest BCUT2D eigenvalue weighted by atomic mass is 15.0. The van der Waals surface area contributed by atoms with Crippen LogP contribution in [0.4, 0.5) is 0 Å². The molecule has 0 saturated heterocycles. The van der Waals surface area contributed by atoms with Crippen molar-refractivity contribution in [2.75, 3.05) is 0 Å². The van der Waals surface area contributed by atoms with E-state index < -0.39 is 0 Å². The van der Waals surface area contributed by atoms with E-state index in [2.05, 4.69) is 210 Å². The summed E-state index contributed by atoms with van der Waals surface area (Å²) in [5.41, 5.74) is 15.8. The highest BCUT2D eigenvalue weighted by molar-refractivity contribution is 6.15. The second-order valence-electron chi connectivity index (χ2n) is 13.6. The van der Waals surface area contributed by atoms with E-state index in [-0.39, 0.29) is 6.04 Å². The van der Waals surface area contributed by atoms with Gasteiger partial charge in [0.2, 0.25) is 0 Å². The second-order valence-corrected chi connectivity index (χ2v) is 13.6. The molecule has 0 amide bonds. The Morgan fingerprint density at radius 3 is 1.55 bits per heavy atom. The van der Waals surface area contributed by atoms with Crippen molar-refractivity contribution >= 4 is 44.6 Å². The van der Waals surface area contributed by atoms with E-state index in [0.717, 1.165) is 33.9 Å². The van der Waals surface area contributed by atoms with Crippen LogP contribution in [0.2, 0.25) is 0 Å². The maximum atomic E-state index is 5.39. The van der Waals surface area contributed by atoms with Gasteiger partial charge in [-0.3, -0.25) is 0 Å². The van der Waals surface area contributed by atoms with Crippen LogP contribution in [0.15, 0.2) is 205 Å². The molecule has 2 heterocycles. The molecular formula is C50H35N3. The Labute approximate surface area is 309 Å². The van der Waals surface area contributed by atoms with Gasteiger partial charge >= 0.3 is 0 Å². The minimum Gasteiger partial charge on any atom is -0.371 e. The first-order valence-electron chi connectivity index (χ1n) is 18.2. The SMILES string of the molecule is C1=CC2=NC(c3ccc(-c4ccccc4)cc3)=C(c3ccc(-c4ccccc4)cc3)NC2C=C1n1c2ccccc2c2cc(-c3ccccc3)ccc21. The Bertz CT molecular complexity index is 2750. The maximum absolute atomic E-state index is 5.39. The fourth-order valence-corrected chi connectivity index (χ4v) is 7.77. The van der Waals surface area contributed by atoms with Crippen molar-refractivity contribution in [3.8, 4) is 33.4 Å². The molecular weight excluding hydrogens is 643 g/mol. The van der Waals surface area contributed by atoms with Crippen LogP contribution in [-0.4, -0.2) is 16.3 Å². The fraction of sp³-hybridized carbons (Fsp3) is 0.0200. The standard InChI is InChI=1S/C50H35N3/c1-4-12-34(13-5-1)37-20-24-39(25-21-37)49-50(40-26-22-38(23-27-40)35-14-6-2-7-15-35)52-46-33-42(29-30-45(46)51-49)53-47-19-11-10-18-43(47)44-32-41(28-31-48(44)53)36-16-8-3-9-17-36/h1-33,46,52H. The van der Waals surface area contributed by atoms with Crippen molar-refractivity contribution < 1.29 is 0 Å². The molecule has 1 unspecified atom stereocenters. The van der Waals surface area contributed by atoms with Crippen molar-refractivity contribution in [2.45, 2.75) is 6.04 Å². The number of fused-ring (bicyclic) bond motifs is 4. The molecule has 53 heavy (non-hydrogen) atoms. The first-order chi connectivity index (χ1) is 26.3. The second kappa shape index (κ2) is 13.0. The largest absolute Gasteiger partial charge is 0.371 e. The van der Waals surface area contributed by atoms with E-state index in [4.69, 9.17) is 4.99 Å². The van der Waals surface area contributed by atoms with Crippen molar-refractivity contribution in [1.82, 2.24) is 9.88 Å². The lowest BCUT2D eigenvalue weighted by Crippen LogP contribution is -2.38. The molecule has 0 fully saturated rings. The molecule has 0 radical (unpaired) electrons. The molecule has 1 aromatic heterocycles. The molecule has 0 spiro atoms. The van der Waals surface area contributed by atoms with Gasteiger partial charge in [0.25, 0.3) is 0 Å². The van der Waals surface area contributed by atoms with Gasteiger partial charge in [-0.2, -0.15) is 0 Å². The topological polar surface area (TPSA) is 29.3 Å². The normalized spacial score (nSPS) is 15.2. The Kier molecular flexibility index (Phi) is 7.54. The minimum absolute atomic E-state index is 0.106. The molecule has 0 saturated carbocycles. The zero-order chi connectivity index (χ0) is 35.1. The Balaban J connectivity index is 1.07. The van der Waals surface area contributed by atoms with E-state index in [0.29, 0.717) is 0 Å². The highest BCUT2D eigenvalue weighted by Gasteiger charge is 2.27. The fourth-order valence-electron chi connectivity index (χ4n) is 7.77. The van der Waals surface area contributed by atoms with Crippen LogP contribution in [0.25, 0.3) is 72.3 Å². The Morgan fingerprint density at radius 1 is 0.415 bits per heavy atom. The lowest BCUT2D eigenvalue weighted by Gasteiger charge is -2.29. The van der Waals surface area contributed by atoms with Gasteiger partial charge in [0.1, 0.15) is 0 Å².